The van der Waals surface area contributed by atoms with Gasteiger partial charge in [0.1, 0.15) is 5.75 Å². The van der Waals surface area contributed by atoms with E-state index < -0.39 is 0 Å². The van der Waals surface area contributed by atoms with E-state index in [1.807, 2.05) is 60.5 Å². The molecule has 1 aliphatic rings. The molecule has 5 nitrogen and oxygen atoms in total. The number of hydrazine groups is 1. The molecule has 0 radical (unpaired) electrons. The lowest BCUT2D eigenvalue weighted by atomic mass is 10.1. The van der Waals surface area contributed by atoms with Crippen molar-refractivity contribution in [1.29, 1.82) is 0 Å². The van der Waals surface area contributed by atoms with Crippen molar-refractivity contribution in [2.45, 2.75) is 32.6 Å². The van der Waals surface area contributed by atoms with Crippen LogP contribution in [0.2, 0.25) is 5.02 Å². The quantitative estimate of drug-likeness (QED) is 0.578. The van der Waals surface area contributed by atoms with Gasteiger partial charge in [-0.1, -0.05) is 30.2 Å². The van der Waals surface area contributed by atoms with Crippen LogP contribution in [0.3, 0.4) is 0 Å². The first kappa shape index (κ1) is 21.5. The van der Waals surface area contributed by atoms with E-state index in [1.54, 1.807) is 7.11 Å². The zero-order chi connectivity index (χ0) is 21.8. The van der Waals surface area contributed by atoms with E-state index in [4.69, 9.17) is 16.3 Å². The van der Waals surface area contributed by atoms with Gasteiger partial charge in [0.25, 0.3) is 0 Å². The Labute approximate surface area is 188 Å². The van der Waals surface area contributed by atoms with Gasteiger partial charge >= 0.3 is 0 Å². The second-order valence-electron chi connectivity index (χ2n) is 7.92. The molecule has 1 fully saturated rings. The van der Waals surface area contributed by atoms with Crippen LogP contribution < -0.4 is 10.2 Å². The van der Waals surface area contributed by atoms with Crippen molar-refractivity contribution < 1.29 is 9.53 Å². The van der Waals surface area contributed by atoms with Crippen molar-refractivity contribution in [2.75, 3.05) is 20.2 Å². The molecule has 6 heteroatoms. The minimum Gasteiger partial charge on any atom is -0.497 e. The summed E-state index contributed by atoms with van der Waals surface area (Å²) in [6.45, 7) is 3.88. The molecule has 1 N–H and O–H groups in total. The summed E-state index contributed by atoms with van der Waals surface area (Å²) < 4.78 is 7.44. The van der Waals surface area contributed by atoms with Crippen LogP contribution in [0.15, 0.2) is 54.6 Å². The zero-order valence-corrected chi connectivity index (χ0v) is 18.8. The Kier molecular flexibility index (Phi) is 6.64. The summed E-state index contributed by atoms with van der Waals surface area (Å²) in [4.78, 5) is 12.8. The predicted molar refractivity (Wildman–Crippen MR) is 125 cm³/mol. The van der Waals surface area contributed by atoms with Crippen molar-refractivity contribution in [3.8, 4) is 22.7 Å². The number of nitrogens with one attached hydrogen (secondary N) is 1. The number of aromatic nitrogens is 1. The van der Waals surface area contributed by atoms with E-state index in [2.05, 4.69) is 16.1 Å². The van der Waals surface area contributed by atoms with Crippen molar-refractivity contribution in [3.05, 3.63) is 70.9 Å². The summed E-state index contributed by atoms with van der Waals surface area (Å²) >= 11 is 6.55. The van der Waals surface area contributed by atoms with Gasteiger partial charge in [-0.15, -0.1) is 0 Å². The van der Waals surface area contributed by atoms with Gasteiger partial charge in [0, 0.05) is 18.8 Å². The number of ether oxygens (including phenoxy) is 1. The number of hydrogen-bond acceptors (Lipinski definition) is 3. The molecule has 4 rings (SSSR count). The minimum atomic E-state index is 0.0163. The van der Waals surface area contributed by atoms with Gasteiger partial charge in [-0.3, -0.25) is 10.2 Å². The highest BCUT2D eigenvalue weighted by Gasteiger charge is 2.20. The van der Waals surface area contributed by atoms with Crippen LogP contribution in [0.1, 0.15) is 30.5 Å². The number of rotatable bonds is 6. The van der Waals surface area contributed by atoms with Crippen molar-refractivity contribution >= 4 is 17.5 Å². The SMILES string of the molecule is COc1ccc(-c2cc(CC(=O)NN3CCCCC3)c(C)n2-c2ccccc2Cl)cc1. The van der Waals surface area contributed by atoms with Crippen LogP contribution in [0, 0.1) is 6.92 Å². The number of carbonyl (C=O) groups excluding carboxylic acids is 1. The molecule has 1 amide bonds. The summed E-state index contributed by atoms with van der Waals surface area (Å²) in [5.74, 6) is 0.819. The molecule has 162 valence electrons. The molecule has 2 aromatic carbocycles. The van der Waals surface area contributed by atoms with E-state index in [1.165, 1.54) is 6.42 Å². The number of nitrogens with zero attached hydrogens (tertiary/aromatic N) is 2. The van der Waals surface area contributed by atoms with Gasteiger partial charge in [0.05, 0.1) is 29.9 Å². The molecule has 1 saturated heterocycles. The maximum atomic E-state index is 12.8. The zero-order valence-electron chi connectivity index (χ0n) is 18.0. The van der Waals surface area contributed by atoms with Gasteiger partial charge < -0.3 is 9.30 Å². The fourth-order valence-electron chi connectivity index (χ4n) is 4.15. The first-order chi connectivity index (χ1) is 15.1. The summed E-state index contributed by atoms with van der Waals surface area (Å²) in [6, 6.07) is 17.8. The average molecular weight is 438 g/mol. The third kappa shape index (κ3) is 4.78. The van der Waals surface area contributed by atoms with Crippen molar-refractivity contribution in [2.24, 2.45) is 0 Å². The molecular formula is C25H28ClN3O2. The highest BCUT2D eigenvalue weighted by Crippen LogP contribution is 2.33. The average Bonchev–Trinajstić information content (AvgIpc) is 3.10. The number of carbonyl (C=O) groups is 1. The fraction of sp³-hybridized carbons (Fsp3) is 0.320. The maximum absolute atomic E-state index is 12.8. The number of hydrogen-bond donors (Lipinski definition) is 1. The Morgan fingerprint density at radius 1 is 1.06 bits per heavy atom. The number of para-hydroxylation sites is 1. The van der Waals surface area contributed by atoms with Crippen LogP contribution in [0.4, 0.5) is 0 Å². The second-order valence-corrected chi connectivity index (χ2v) is 8.32. The number of benzene rings is 2. The lowest BCUT2D eigenvalue weighted by Gasteiger charge is -2.26. The first-order valence-electron chi connectivity index (χ1n) is 10.7. The third-order valence-corrected chi connectivity index (χ3v) is 6.14. The van der Waals surface area contributed by atoms with E-state index in [-0.39, 0.29) is 5.91 Å². The van der Waals surface area contributed by atoms with Crippen LogP contribution in [-0.4, -0.2) is 35.7 Å². The maximum Gasteiger partial charge on any atom is 0.238 e. The molecule has 1 aliphatic heterocycles. The Hall–Kier alpha value is -2.76. The van der Waals surface area contributed by atoms with Crippen LogP contribution in [0.25, 0.3) is 16.9 Å². The van der Waals surface area contributed by atoms with Gasteiger partial charge in [-0.25, -0.2) is 5.01 Å². The van der Waals surface area contributed by atoms with E-state index in [0.717, 1.165) is 59.9 Å². The molecule has 0 atom stereocenters. The molecule has 0 aliphatic carbocycles. The summed E-state index contributed by atoms with van der Waals surface area (Å²) in [5, 5.41) is 2.71. The number of methoxy groups -OCH3 is 1. The Bertz CT molecular complexity index is 1050. The molecule has 0 unspecified atom stereocenters. The smallest absolute Gasteiger partial charge is 0.238 e. The normalized spacial score (nSPS) is 14.4. The van der Waals surface area contributed by atoms with Crippen molar-refractivity contribution in [1.82, 2.24) is 15.0 Å². The van der Waals surface area contributed by atoms with E-state index in [0.29, 0.717) is 11.4 Å². The van der Waals surface area contributed by atoms with Gasteiger partial charge in [0.2, 0.25) is 5.91 Å². The topological polar surface area (TPSA) is 46.5 Å². The van der Waals surface area contributed by atoms with Crippen LogP contribution in [-0.2, 0) is 11.2 Å². The highest BCUT2D eigenvalue weighted by molar-refractivity contribution is 6.32. The van der Waals surface area contributed by atoms with E-state index in [9.17, 15) is 4.79 Å². The molecule has 31 heavy (non-hydrogen) atoms. The second kappa shape index (κ2) is 9.58. The highest BCUT2D eigenvalue weighted by atomic mass is 35.5. The number of amides is 1. The van der Waals surface area contributed by atoms with Crippen LogP contribution in [0.5, 0.6) is 5.75 Å². The standard InChI is InChI=1S/C25H28ClN3O2/c1-18-20(17-25(30)27-28-14-6-3-7-15-28)16-24(19-10-12-21(31-2)13-11-19)29(18)23-9-5-4-8-22(23)26/h4-5,8-13,16H,3,6-7,14-15,17H2,1-2H3,(H,27,30). The molecular weight excluding hydrogens is 410 g/mol. The first-order valence-corrected chi connectivity index (χ1v) is 11.1. The summed E-state index contributed by atoms with van der Waals surface area (Å²) in [7, 11) is 1.66. The molecule has 2 heterocycles. The third-order valence-electron chi connectivity index (χ3n) is 5.82. The molecule has 0 spiro atoms. The summed E-state index contributed by atoms with van der Waals surface area (Å²) in [5.41, 5.74) is 7.99. The molecule has 3 aromatic rings. The monoisotopic (exact) mass is 437 g/mol. The minimum absolute atomic E-state index is 0.0163. The van der Waals surface area contributed by atoms with Gasteiger partial charge in [-0.2, -0.15) is 0 Å². The lowest BCUT2D eigenvalue weighted by Crippen LogP contribution is -2.45. The van der Waals surface area contributed by atoms with E-state index >= 15 is 0 Å². The predicted octanol–water partition coefficient (Wildman–Crippen LogP) is 5.17. The van der Waals surface area contributed by atoms with Gasteiger partial charge in [-0.05, 0) is 73.4 Å². The largest absolute Gasteiger partial charge is 0.497 e. The molecule has 1 aromatic heterocycles. The summed E-state index contributed by atoms with van der Waals surface area (Å²) in [6.07, 6.45) is 3.81. The molecule has 0 saturated carbocycles. The fourth-order valence-corrected chi connectivity index (χ4v) is 4.37. The Balaban J connectivity index is 1.69. The Morgan fingerprint density at radius 3 is 2.45 bits per heavy atom. The Morgan fingerprint density at radius 2 is 1.77 bits per heavy atom. The number of piperidine rings is 1. The molecule has 0 bridgehead atoms. The lowest BCUT2D eigenvalue weighted by molar-refractivity contribution is -0.125. The van der Waals surface area contributed by atoms with Crippen LogP contribution >= 0.6 is 11.6 Å². The van der Waals surface area contributed by atoms with Crippen molar-refractivity contribution in [3.63, 3.8) is 0 Å². The van der Waals surface area contributed by atoms with Gasteiger partial charge in [0.15, 0.2) is 0 Å². The number of halogens is 1.